The summed E-state index contributed by atoms with van der Waals surface area (Å²) >= 11 is 0. The van der Waals surface area contributed by atoms with Crippen molar-refractivity contribution >= 4 is 5.91 Å². The van der Waals surface area contributed by atoms with Gasteiger partial charge in [-0.1, -0.05) is 18.2 Å². The summed E-state index contributed by atoms with van der Waals surface area (Å²) in [6.07, 6.45) is 4.20. The topological polar surface area (TPSA) is 69.1 Å². The smallest absolute Gasteiger partial charge is 0.248 e. The van der Waals surface area contributed by atoms with E-state index in [1.807, 2.05) is 24.3 Å². The van der Waals surface area contributed by atoms with E-state index in [1.165, 1.54) is 0 Å². The van der Waals surface area contributed by atoms with E-state index in [-0.39, 0.29) is 5.91 Å². The van der Waals surface area contributed by atoms with Gasteiger partial charge in [0.2, 0.25) is 5.91 Å². The van der Waals surface area contributed by atoms with Gasteiger partial charge in [0.15, 0.2) is 0 Å². The molecular formula is C13H18N2O. The molecule has 3 heteroatoms. The Labute approximate surface area is 95.8 Å². The van der Waals surface area contributed by atoms with E-state index in [0.29, 0.717) is 17.5 Å². The first-order chi connectivity index (χ1) is 7.68. The van der Waals surface area contributed by atoms with Crippen LogP contribution in [0.3, 0.4) is 0 Å². The molecule has 1 aliphatic rings. The molecule has 0 spiro atoms. The molecule has 0 aromatic heterocycles. The Balaban J connectivity index is 2.23. The van der Waals surface area contributed by atoms with Crippen LogP contribution in [0.25, 0.3) is 0 Å². The lowest BCUT2D eigenvalue weighted by atomic mass is 9.80. The summed E-state index contributed by atoms with van der Waals surface area (Å²) in [6.45, 7) is 0. The maximum absolute atomic E-state index is 11.3. The van der Waals surface area contributed by atoms with Crippen LogP contribution in [0, 0.1) is 0 Å². The van der Waals surface area contributed by atoms with Crippen molar-refractivity contribution in [1.29, 1.82) is 0 Å². The van der Waals surface area contributed by atoms with Crippen LogP contribution in [0.2, 0.25) is 0 Å². The van der Waals surface area contributed by atoms with Crippen molar-refractivity contribution in [1.82, 2.24) is 0 Å². The first-order valence-electron chi connectivity index (χ1n) is 5.83. The van der Waals surface area contributed by atoms with Crippen molar-refractivity contribution in [3.8, 4) is 0 Å². The molecule has 2 rings (SSSR count). The zero-order chi connectivity index (χ0) is 11.5. The van der Waals surface area contributed by atoms with Gasteiger partial charge in [0.1, 0.15) is 0 Å². The third-order valence-electron chi connectivity index (χ3n) is 3.44. The minimum atomic E-state index is -0.328. The van der Waals surface area contributed by atoms with Crippen LogP contribution >= 0.6 is 0 Å². The second-order valence-corrected chi connectivity index (χ2v) is 4.56. The molecule has 1 aromatic carbocycles. The maximum atomic E-state index is 11.3. The monoisotopic (exact) mass is 218 g/mol. The Morgan fingerprint density at radius 2 is 1.75 bits per heavy atom. The number of rotatable bonds is 2. The third kappa shape index (κ3) is 2.25. The van der Waals surface area contributed by atoms with Crippen LogP contribution in [0.15, 0.2) is 24.3 Å². The van der Waals surface area contributed by atoms with E-state index in [0.717, 1.165) is 31.2 Å². The highest BCUT2D eigenvalue weighted by atomic mass is 16.1. The third-order valence-corrected chi connectivity index (χ3v) is 3.44. The molecule has 3 nitrogen and oxygen atoms in total. The molecule has 1 saturated carbocycles. The summed E-state index contributed by atoms with van der Waals surface area (Å²) in [6, 6.07) is 7.99. The average molecular weight is 218 g/mol. The number of hydrogen-bond donors (Lipinski definition) is 2. The van der Waals surface area contributed by atoms with Gasteiger partial charge in [-0.25, -0.2) is 0 Å². The van der Waals surface area contributed by atoms with Crippen molar-refractivity contribution in [2.45, 2.75) is 37.6 Å². The van der Waals surface area contributed by atoms with Crippen LogP contribution in [0.4, 0.5) is 0 Å². The summed E-state index contributed by atoms with van der Waals surface area (Å²) in [7, 11) is 0. The number of carbonyl (C=O) groups excluding carboxylic acids is 1. The first-order valence-corrected chi connectivity index (χ1v) is 5.83. The largest absolute Gasteiger partial charge is 0.366 e. The molecule has 1 aliphatic carbocycles. The van der Waals surface area contributed by atoms with Gasteiger partial charge in [0.25, 0.3) is 0 Å². The van der Waals surface area contributed by atoms with E-state index in [1.54, 1.807) is 0 Å². The molecule has 86 valence electrons. The molecular weight excluding hydrogens is 200 g/mol. The highest BCUT2D eigenvalue weighted by molar-refractivity contribution is 5.94. The van der Waals surface area contributed by atoms with Gasteiger partial charge < -0.3 is 11.5 Å². The Morgan fingerprint density at radius 1 is 1.12 bits per heavy atom. The maximum Gasteiger partial charge on any atom is 0.248 e. The quantitative estimate of drug-likeness (QED) is 0.794. The molecule has 0 saturated heterocycles. The van der Waals surface area contributed by atoms with E-state index in [4.69, 9.17) is 11.5 Å². The van der Waals surface area contributed by atoms with Crippen LogP contribution in [-0.4, -0.2) is 11.9 Å². The molecule has 16 heavy (non-hydrogen) atoms. The SMILES string of the molecule is NC(=O)c1ccccc1C1CCC(N)CC1. The standard InChI is InChI=1S/C13H18N2O/c14-10-7-5-9(6-8-10)11-3-1-2-4-12(11)13(15)16/h1-4,9-10H,5-8,14H2,(H2,15,16). The van der Waals surface area contributed by atoms with E-state index in [9.17, 15) is 4.79 Å². The van der Waals surface area contributed by atoms with Gasteiger partial charge in [-0.2, -0.15) is 0 Å². The van der Waals surface area contributed by atoms with Crippen molar-refractivity contribution in [3.63, 3.8) is 0 Å². The number of carbonyl (C=O) groups is 1. The van der Waals surface area contributed by atoms with E-state index >= 15 is 0 Å². The van der Waals surface area contributed by atoms with Crippen LogP contribution in [0.5, 0.6) is 0 Å². The van der Waals surface area contributed by atoms with Crippen molar-refractivity contribution in [2.24, 2.45) is 11.5 Å². The summed E-state index contributed by atoms with van der Waals surface area (Å²) in [5.41, 5.74) is 13.0. The van der Waals surface area contributed by atoms with Gasteiger partial charge in [-0.05, 0) is 43.2 Å². The van der Waals surface area contributed by atoms with Gasteiger partial charge in [-0.3, -0.25) is 4.79 Å². The van der Waals surface area contributed by atoms with Crippen LogP contribution < -0.4 is 11.5 Å². The zero-order valence-corrected chi connectivity index (χ0v) is 9.36. The predicted molar refractivity (Wildman–Crippen MR) is 64.1 cm³/mol. The number of primary amides is 1. The molecule has 0 radical (unpaired) electrons. The van der Waals surface area contributed by atoms with Crippen molar-refractivity contribution < 1.29 is 4.79 Å². The van der Waals surface area contributed by atoms with Crippen molar-refractivity contribution in [3.05, 3.63) is 35.4 Å². The molecule has 1 amide bonds. The average Bonchev–Trinajstić information content (AvgIpc) is 2.30. The highest BCUT2D eigenvalue weighted by Gasteiger charge is 2.22. The minimum Gasteiger partial charge on any atom is -0.366 e. The lowest BCUT2D eigenvalue weighted by Crippen LogP contribution is -2.26. The summed E-state index contributed by atoms with van der Waals surface area (Å²) in [5, 5.41) is 0. The number of nitrogens with two attached hydrogens (primary N) is 2. The molecule has 4 N–H and O–H groups in total. The second kappa shape index (κ2) is 4.66. The number of amides is 1. The molecule has 1 aromatic rings. The first kappa shape index (κ1) is 11.1. The molecule has 0 bridgehead atoms. The molecule has 0 aliphatic heterocycles. The molecule has 0 heterocycles. The van der Waals surface area contributed by atoms with Gasteiger partial charge in [0, 0.05) is 11.6 Å². The lowest BCUT2D eigenvalue weighted by molar-refractivity contribution is 0.0998. The van der Waals surface area contributed by atoms with Crippen LogP contribution in [-0.2, 0) is 0 Å². The van der Waals surface area contributed by atoms with Crippen LogP contribution in [0.1, 0.15) is 47.5 Å². The Morgan fingerprint density at radius 3 is 2.38 bits per heavy atom. The molecule has 1 fully saturated rings. The fourth-order valence-electron chi connectivity index (χ4n) is 2.51. The molecule has 0 atom stereocenters. The molecule has 0 unspecified atom stereocenters. The Hall–Kier alpha value is -1.35. The predicted octanol–water partition coefficient (Wildman–Crippen LogP) is 1.77. The summed E-state index contributed by atoms with van der Waals surface area (Å²) < 4.78 is 0. The number of benzene rings is 1. The Bertz CT molecular complexity index is 381. The van der Waals surface area contributed by atoms with E-state index in [2.05, 4.69) is 0 Å². The Kier molecular flexibility index (Phi) is 3.25. The summed E-state index contributed by atoms with van der Waals surface area (Å²) in [4.78, 5) is 11.3. The minimum absolute atomic E-state index is 0.328. The fraction of sp³-hybridized carbons (Fsp3) is 0.462. The summed E-state index contributed by atoms with van der Waals surface area (Å²) in [5.74, 6) is 0.119. The zero-order valence-electron chi connectivity index (χ0n) is 9.36. The van der Waals surface area contributed by atoms with Gasteiger partial charge >= 0.3 is 0 Å². The van der Waals surface area contributed by atoms with Gasteiger partial charge in [-0.15, -0.1) is 0 Å². The fourth-order valence-corrected chi connectivity index (χ4v) is 2.51. The second-order valence-electron chi connectivity index (χ2n) is 4.56. The normalized spacial score (nSPS) is 25.3. The van der Waals surface area contributed by atoms with Gasteiger partial charge in [0.05, 0.1) is 0 Å². The lowest BCUT2D eigenvalue weighted by Gasteiger charge is -2.27. The number of hydrogen-bond acceptors (Lipinski definition) is 2. The highest BCUT2D eigenvalue weighted by Crippen LogP contribution is 2.33. The van der Waals surface area contributed by atoms with Crippen molar-refractivity contribution in [2.75, 3.05) is 0 Å². The van der Waals surface area contributed by atoms with E-state index < -0.39 is 0 Å².